The van der Waals surface area contributed by atoms with Crippen molar-refractivity contribution in [3.8, 4) is 0 Å². The van der Waals surface area contributed by atoms with Crippen LogP contribution >= 0.6 is 0 Å². The summed E-state index contributed by atoms with van der Waals surface area (Å²) < 4.78 is 41.0. The number of piperidine rings is 1. The van der Waals surface area contributed by atoms with Crippen molar-refractivity contribution in [2.45, 2.75) is 45.5 Å². The van der Waals surface area contributed by atoms with Crippen molar-refractivity contribution in [3.63, 3.8) is 0 Å². The van der Waals surface area contributed by atoms with E-state index in [2.05, 4.69) is 20.4 Å². The highest BCUT2D eigenvalue weighted by Crippen LogP contribution is 2.16. The van der Waals surface area contributed by atoms with E-state index in [9.17, 15) is 22.8 Å². The number of guanidine groups is 1. The average molecular weight is 428 g/mol. The molecule has 1 aliphatic heterocycles. The Morgan fingerprint density at radius 2 is 1.73 bits per heavy atom. The van der Waals surface area contributed by atoms with Crippen LogP contribution < -0.4 is 10.6 Å². The molecule has 0 saturated carbocycles. The number of carbonyl (C=O) groups is 2. The quantitative estimate of drug-likeness (QED) is 0.359. The largest absolute Gasteiger partial charge is 0.411 e. The molecular weight excluding hydrogens is 401 g/mol. The summed E-state index contributed by atoms with van der Waals surface area (Å²) in [6.45, 7) is 2.22. The molecule has 1 aromatic carbocycles. The number of nitrogens with zero attached hydrogens (tertiary/aromatic N) is 2. The fourth-order valence-electron chi connectivity index (χ4n) is 2.87. The number of rotatable bonds is 9. The number of likely N-dealkylation sites (tertiary alicyclic amines) is 1. The van der Waals surface area contributed by atoms with Crippen LogP contribution in [0.2, 0.25) is 0 Å². The van der Waals surface area contributed by atoms with Gasteiger partial charge >= 0.3 is 6.18 Å². The van der Waals surface area contributed by atoms with Gasteiger partial charge in [0.05, 0.1) is 13.2 Å². The summed E-state index contributed by atoms with van der Waals surface area (Å²) in [5.74, 6) is 0.260. The first-order valence-electron chi connectivity index (χ1n) is 9.86. The van der Waals surface area contributed by atoms with Gasteiger partial charge in [0.15, 0.2) is 5.96 Å². The number of halogens is 3. The van der Waals surface area contributed by atoms with Crippen molar-refractivity contribution < 1.29 is 27.5 Å². The molecule has 166 valence electrons. The van der Waals surface area contributed by atoms with E-state index in [0.717, 1.165) is 5.56 Å². The number of carbonyl (C=O) groups excluding carboxylic acids is 2. The number of nitrogens with one attached hydrogen (secondary N) is 2. The third kappa shape index (κ3) is 8.40. The Bertz CT molecular complexity index is 720. The first kappa shape index (κ1) is 23.7. The fraction of sp³-hybridized carbons (Fsp3) is 0.550. The van der Waals surface area contributed by atoms with Crippen LogP contribution in [0.5, 0.6) is 0 Å². The van der Waals surface area contributed by atoms with Gasteiger partial charge in [-0.05, 0) is 24.5 Å². The van der Waals surface area contributed by atoms with E-state index in [1.54, 1.807) is 24.3 Å². The van der Waals surface area contributed by atoms with Crippen molar-refractivity contribution in [1.29, 1.82) is 0 Å². The van der Waals surface area contributed by atoms with Gasteiger partial charge < -0.3 is 15.4 Å². The minimum absolute atomic E-state index is 0.110. The zero-order chi connectivity index (χ0) is 22.0. The smallest absolute Gasteiger partial charge is 0.367 e. The first-order chi connectivity index (χ1) is 14.3. The molecule has 1 aromatic rings. The molecule has 0 spiro atoms. The SMILES string of the molecule is CCNC(=NCc1ccc(COCC(F)(F)F)cc1)NCCN1C(=O)CCCC1=O. The van der Waals surface area contributed by atoms with Gasteiger partial charge in [-0.25, -0.2) is 4.99 Å². The summed E-state index contributed by atoms with van der Waals surface area (Å²) in [7, 11) is 0. The summed E-state index contributed by atoms with van der Waals surface area (Å²) in [6, 6.07) is 6.97. The third-order valence-corrected chi connectivity index (χ3v) is 4.33. The van der Waals surface area contributed by atoms with Crippen LogP contribution in [0.1, 0.15) is 37.3 Å². The van der Waals surface area contributed by atoms with Crippen molar-refractivity contribution >= 4 is 17.8 Å². The highest BCUT2D eigenvalue weighted by Gasteiger charge is 2.27. The number of alkyl halides is 3. The van der Waals surface area contributed by atoms with E-state index in [1.165, 1.54) is 4.90 Å². The molecule has 0 unspecified atom stereocenters. The van der Waals surface area contributed by atoms with Crippen molar-refractivity contribution in [2.24, 2.45) is 4.99 Å². The van der Waals surface area contributed by atoms with E-state index in [-0.39, 0.29) is 25.0 Å². The van der Waals surface area contributed by atoms with Gasteiger partial charge in [0.25, 0.3) is 0 Å². The van der Waals surface area contributed by atoms with Crippen LogP contribution in [-0.2, 0) is 27.5 Å². The predicted octanol–water partition coefficient (Wildman–Crippen LogP) is 2.36. The van der Waals surface area contributed by atoms with E-state index < -0.39 is 12.8 Å². The molecule has 7 nitrogen and oxygen atoms in total. The number of aliphatic imine (C=N–C) groups is 1. The van der Waals surface area contributed by atoms with Crippen molar-refractivity contribution in [3.05, 3.63) is 35.4 Å². The molecule has 1 heterocycles. The lowest BCUT2D eigenvalue weighted by atomic mass is 10.1. The zero-order valence-corrected chi connectivity index (χ0v) is 16.9. The van der Waals surface area contributed by atoms with E-state index in [1.807, 2.05) is 6.92 Å². The van der Waals surface area contributed by atoms with Crippen LogP contribution in [0.15, 0.2) is 29.3 Å². The Morgan fingerprint density at radius 3 is 2.33 bits per heavy atom. The molecule has 0 aliphatic carbocycles. The fourth-order valence-corrected chi connectivity index (χ4v) is 2.87. The lowest BCUT2D eigenvalue weighted by Crippen LogP contribution is -2.46. The molecule has 0 aromatic heterocycles. The predicted molar refractivity (Wildman–Crippen MR) is 106 cm³/mol. The number of hydrogen-bond donors (Lipinski definition) is 2. The summed E-state index contributed by atoms with van der Waals surface area (Å²) in [4.78, 5) is 29.4. The lowest BCUT2D eigenvalue weighted by molar-refractivity contribution is -0.176. The van der Waals surface area contributed by atoms with Gasteiger partial charge in [0.1, 0.15) is 6.61 Å². The molecule has 1 fully saturated rings. The number of ether oxygens (including phenoxy) is 1. The van der Waals surface area contributed by atoms with Gasteiger partial charge in [0, 0.05) is 32.5 Å². The van der Waals surface area contributed by atoms with E-state index >= 15 is 0 Å². The molecule has 0 radical (unpaired) electrons. The topological polar surface area (TPSA) is 83.0 Å². The average Bonchev–Trinajstić information content (AvgIpc) is 2.68. The summed E-state index contributed by atoms with van der Waals surface area (Å²) in [5, 5.41) is 6.19. The van der Waals surface area contributed by atoms with Gasteiger partial charge in [0.2, 0.25) is 11.8 Å². The van der Waals surface area contributed by atoms with Crippen LogP contribution in [-0.4, -0.2) is 55.1 Å². The Morgan fingerprint density at radius 1 is 1.10 bits per heavy atom. The lowest BCUT2D eigenvalue weighted by Gasteiger charge is -2.25. The maximum atomic E-state index is 12.1. The Labute approximate surface area is 173 Å². The highest BCUT2D eigenvalue weighted by molar-refractivity contribution is 5.97. The monoisotopic (exact) mass is 428 g/mol. The summed E-state index contributed by atoms with van der Waals surface area (Å²) in [6.07, 6.45) is -2.92. The Hall–Kier alpha value is -2.62. The number of hydrogen-bond acceptors (Lipinski definition) is 4. The van der Waals surface area contributed by atoms with E-state index in [0.29, 0.717) is 50.4 Å². The molecule has 30 heavy (non-hydrogen) atoms. The molecule has 2 rings (SSSR count). The van der Waals surface area contributed by atoms with Crippen LogP contribution in [0.25, 0.3) is 0 Å². The molecule has 2 amide bonds. The third-order valence-electron chi connectivity index (χ3n) is 4.33. The zero-order valence-electron chi connectivity index (χ0n) is 16.9. The summed E-state index contributed by atoms with van der Waals surface area (Å²) in [5.41, 5.74) is 1.53. The molecule has 1 saturated heterocycles. The minimum Gasteiger partial charge on any atom is -0.367 e. The molecule has 0 atom stereocenters. The Balaban J connectivity index is 1.81. The normalized spacial score (nSPS) is 15.5. The van der Waals surface area contributed by atoms with Crippen LogP contribution in [0.3, 0.4) is 0 Å². The van der Waals surface area contributed by atoms with Crippen molar-refractivity contribution in [2.75, 3.05) is 26.2 Å². The molecule has 1 aliphatic rings. The second-order valence-corrected chi connectivity index (χ2v) is 6.84. The second kappa shape index (κ2) is 11.5. The van der Waals surface area contributed by atoms with Gasteiger partial charge in [-0.15, -0.1) is 0 Å². The van der Waals surface area contributed by atoms with Gasteiger partial charge in [-0.1, -0.05) is 24.3 Å². The van der Waals surface area contributed by atoms with Gasteiger partial charge in [-0.2, -0.15) is 13.2 Å². The molecule has 10 heteroatoms. The maximum absolute atomic E-state index is 12.1. The maximum Gasteiger partial charge on any atom is 0.411 e. The number of amides is 2. The Kier molecular flexibility index (Phi) is 9.10. The second-order valence-electron chi connectivity index (χ2n) is 6.84. The van der Waals surface area contributed by atoms with Crippen LogP contribution in [0, 0.1) is 0 Å². The standard InChI is InChI=1S/C20H27F3N4O3/c1-2-24-19(25-10-11-27-17(28)4-3-5-18(27)29)26-12-15-6-8-16(9-7-15)13-30-14-20(21,22)23/h6-9H,2-5,10-14H2,1H3,(H2,24,25,26). The minimum atomic E-state index is -4.33. The summed E-state index contributed by atoms with van der Waals surface area (Å²) >= 11 is 0. The first-order valence-corrected chi connectivity index (χ1v) is 9.86. The molecule has 0 bridgehead atoms. The van der Waals surface area contributed by atoms with Crippen LogP contribution in [0.4, 0.5) is 13.2 Å². The number of benzene rings is 1. The van der Waals surface area contributed by atoms with Gasteiger partial charge in [-0.3, -0.25) is 14.5 Å². The highest BCUT2D eigenvalue weighted by atomic mass is 19.4. The molecular formula is C20H27F3N4O3. The van der Waals surface area contributed by atoms with E-state index in [4.69, 9.17) is 0 Å². The molecule has 2 N–H and O–H groups in total. The van der Waals surface area contributed by atoms with Crippen molar-refractivity contribution in [1.82, 2.24) is 15.5 Å². The number of imide groups is 1.